The first kappa shape index (κ1) is 19.8. The fourth-order valence-electron chi connectivity index (χ4n) is 2.09. The minimum Gasteiger partial charge on any atom is -0.490 e. The SMILES string of the molecule is CCCCCOc1ccc(CNC(=O)CCC(=O)O)cc1OCC. The molecule has 0 radical (unpaired) electrons. The Labute approximate surface area is 143 Å². The monoisotopic (exact) mass is 337 g/mol. The molecule has 6 nitrogen and oxygen atoms in total. The normalized spacial score (nSPS) is 10.2. The summed E-state index contributed by atoms with van der Waals surface area (Å²) in [6.45, 7) is 5.56. The molecule has 1 rings (SSSR count). The van der Waals surface area contributed by atoms with E-state index in [1.807, 2.05) is 25.1 Å². The van der Waals surface area contributed by atoms with Crippen LogP contribution in [0.15, 0.2) is 18.2 Å². The quantitative estimate of drug-likeness (QED) is 0.572. The first-order chi connectivity index (χ1) is 11.6. The highest BCUT2D eigenvalue weighted by Crippen LogP contribution is 2.28. The second-order valence-corrected chi connectivity index (χ2v) is 5.44. The Bertz CT molecular complexity index is 530. The lowest BCUT2D eigenvalue weighted by molar-refractivity contribution is -0.138. The van der Waals surface area contributed by atoms with Crippen molar-refractivity contribution in [2.75, 3.05) is 13.2 Å². The third-order valence-corrected chi connectivity index (χ3v) is 3.37. The lowest BCUT2D eigenvalue weighted by Gasteiger charge is -2.13. The molecule has 1 aromatic carbocycles. The van der Waals surface area contributed by atoms with E-state index in [1.165, 1.54) is 0 Å². The molecule has 0 aliphatic heterocycles. The number of nitrogens with one attached hydrogen (secondary N) is 1. The van der Waals surface area contributed by atoms with Gasteiger partial charge in [0.1, 0.15) is 0 Å². The molecule has 0 heterocycles. The van der Waals surface area contributed by atoms with Crippen LogP contribution in [0.4, 0.5) is 0 Å². The minimum absolute atomic E-state index is 0.0216. The van der Waals surface area contributed by atoms with Gasteiger partial charge in [0, 0.05) is 13.0 Å². The summed E-state index contributed by atoms with van der Waals surface area (Å²) in [5, 5.41) is 11.3. The third kappa shape index (κ3) is 7.85. The number of carbonyl (C=O) groups is 2. The molecule has 6 heteroatoms. The molecule has 0 saturated carbocycles. The zero-order chi connectivity index (χ0) is 17.8. The Morgan fingerprint density at radius 1 is 1.08 bits per heavy atom. The Morgan fingerprint density at radius 3 is 2.54 bits per heavy atom. The zero-order valence-corrected chi connectivity index (χ0v) is 14.5. The summed E-state index contributed by atoms with van der Waals surface area (Å²) in [5.41, 5.74) is 0.878. The molecule has 0 aliphatic rings. The first-order valence-corrected chi connectivity index (χ1v) is 8.43. The summed E-state index contributed by atoms with van der Waals surface area (Å²) in [4.78, 5) is 22.0. The van der Waals surface area contributed by atoms with Crippen LogP contribution in [-0.2, 0) is 16.1 Å². The van der Waals surface area contributed by atoms with E-state index in [1.54, 1.807) is 0 Å². The van der Waals surface area contributed by atoms with Crippen LogP contribution in [0.2, 0.25) is 0 Å². The van der Waals surface area contributed by atoms with E-state index >= 15 is 0 Å². The van der Waals surface area contributed by atoms with Crippen molar-refractivity contribution in [3.05, 3.63) is 23.8 Å². The molecule has 0 unspecified atom stereocenters. The molecular formula is C18H27NO5. The van der Waals surface area contributed by atoms with Gasteiger partial charge >= 0.3 is 5.97 Å². The average Bonchev–Trinajstić information content (AvgIpc) is 2.56. The van der Waals surface area contributed by atoms with E-state index in [2.05, 4.69) is 12.2 Å². The third-order valence-electron chi connectivity index (χ3n) is 3.37. The fourth-order valence-corrected chi connectivity index (χ4v) is 2.09. The lowest BCUT2D eigenvalue weighted by Crippen LogP contribution is -2.23. The molecule has 0 aliphatic carbocycles. The summed E-state index contributed by atoms with van der Waals surface area (Å²) < 4.78 is 11.4. The van der Waals surface area contributed by atoms with Gasteiger partial charge < -0.3 is 19.9 Å². The largest absolute Gasteiger partial charge is 0.490 e. The molecule has 0 saturated heterocycles. The van der Waals surface area contributed by atoms with Gasteiger partial charge in [-0.25, -0.2) is 0 Å². The molecule has 24 heavy (non-hydrogen) atoms. The second kappa shape index (κ2) is 11.3. The maximum atomic E-state index is 11.6. The molecule has 0 aromatic heterocycles. The van der Waals surface area contributed by atoms with E-state index < -0.39 is 5.97 Å². The van der Waals surface area contributed by atoms with E-state index in [0.29, 0.717) is 31.3 Å². The number of hydrogen-bond acceptors (Lipinski definition) is 4. The molecule has 2 N–H and O–H groups in total. The van der Waals surface area contributed by atoms with Gasteiger partial charge in [0.25, 0.3) is 0 Å². The predicted molar refractivity (Wildman–Crippen MR) is 91.3 cm³/mol. The van der Waals surface area contributed by atoms with Crippen molar-refractivity contribution in [3.63, 3.8) is 0 Å². The van der Waals surface area contributed by atoms with Crippen molar-refractivity contribution in [1.82, 2.24) is 5.32 Å². The molecule has 0 atom stereocenters. The van der Waals surface area contributed by atoms with Crippen molar-refractivity contribution in [1.29, 1.82) is 0 Å². The van der Waals surface area contributed by atoms with Crippen molar-refractivity contribution < 1.29 is 24.2 Å². The molecule has 134 valence electrons. The van der Waals surface area contributed by atoms with Crippen molar-refractivity contribution in [2.24, 2.45) is 0 Å². The van der Waals surface area contributed by atoms with Gasteiger partial charge in [-0.3, -0.25) is 9.59 Å². The standard InChI is InChI=1S/C18H27NO5/c1-3-5-6-11-24-15-8-7-14(12-16(15)23-4-2)13-19-17(20)9-10-18(21)22/h7-8,12H,3-6,9-11,13H2,1-2H3,(H,19,20)(H,21,22). The van der Waals surface area contributed by atoms with Gasteiger partial charge in [-0.2, -0.15) is 0 Å². The molecule has 0 fully saturated rings. The summed E-state index contributed by atoms with van der Waals surface area (Å²) in [7, 11) is 0. The number of ether oxygens (including phenoxy) is 2. The van der Waals surface area contributed by atoms with Gasteiger partial charge in [0.05, 0.1) is 19.6 Å². The summed E-state index contributed by atoms with van der Waals surface area (Å²) in [5.74, 6) is 0.101. The van der Waals surface area contributed by atoms with Gasteiger partial charge in [0.15, 0.2) is 11.5 Å². The maximum Gasteiger partial charge on any atom is 0.303 e. The van der Waals surface area contributed by atoms with Crippen LogP contribution in [-0.4, -0.2) is 30.2 Å². The molecule has 0 bridgehead atoms. The zero-order valence-electron chi connectivity index (χ0n) is 14.5. The van der Waals surface area contributed by atoms with E-state index in [-0.39, 0.29) is 18.7 Å². The number of aliphatic carboxylic acids is 1. The number of unbranched alkanes of at least 4 members (excludes halogenated alkanes) is 2. The van der Waals surface area contributed by atoms with Crippen LogP contribution < -0.4 is 14.8 Å². The van der Waals surface area contributed by atoms with Crippen LogP contribution in [0, 0.1) is 0 Å². The molecular weight excluding hydrogens is 310 g/mol. The maximum absolute atomic E-state index is 11.6. The van der Waals surface area contributed by atoms with Gasteiger partial charge in [-0.1, -0.05) is 25.8 Å². The van der Waals surface area contributed by atoms with Crippen molar-refractivity contribution in [2.45, 2.75) is 52.5 Å². The van der Waals surface area contributed by atoms with Gasteiger partial charge in [0.2, 0.25) is 5.91 Å². The van der Waals surface area contributed by atoms with Crippen LogP contribution in [0.1, 0.15) is 51.5 Å². The highest BCUT2D eigenvalue weighted by atomic mass is 16.5. The van der Waals surface area contributed by atoms with Crippen molar-refractivity contribution in [3.8, 4) is 11.5 Å². The number of hydrogen-bond donors (Lipinski definition) is 2. The van der Waals surface area contributed by atoms with Crippen LogP contribution in [0.25, 0.3) is 0 Å². The number of amides is 1. The lowest BCUT2D eigenvalue weighted by atomic mass is 10.2. The Hall–Kier alpha value is -2.24. The van der Waals surface area contributed by atoms with E-state index in [9.17, 15) is 9.59 Å². The average molecular weight is 337 g/mol. The highest BCUT2D eigenvalue weighted by Gasteiger charge is 2.09. The summed E-state index contributed by atoms with van der Waals surface area (Å²) in [6, 6.07) is 5.56. The fraction of sp³-hybridized carbons (Fsp3) is 0.556. The topological polar surface area (TPSA) is 84.9 Å². The number of carboxylic acids is 1. The molecule has 1 aromatic rings. The second-order valence-electron chi connectivity index (χ2n) is 5.44. The summed E-state index contributed by atoms with van der Waals surface area (Å²) in [6.07, 6.45) is 3.09. The van der Waals surface area contributed by atoms with Crippen LogP contribution in [0.3, 0.4) is 0 Å². The van der Waals surface area contributed by atoms with Gasteiger partial charge in [-0.15, -0.1) is 0 Å². The van der Waals surface area contributed by atoms with E-state index in [4.69, 9.17) is 14.6 Å². The number of benzene rings is 1. The number of carbonyl (C=O) groups excluding carboxylic acids is 1. The molecule has 0 spiro atoms. The Balaban J connectivity index is 2.57. The van der Waals surface area contributed by atoms with Crippen LogP contribution >= 0.6 is 0 Å². The van der Waals surface area contributed by atoms with Crippen molar-refractivity contribution >= 4 is 11.9 Å². The number of rotatable bonds is 12. The number of carboxylic acid groups (broad SMARTS) is 1. The van der Waals surface area contributed by atoms with Gasteiger partial charge in [-0.05, 0) is 31.0 Å². The van der Waals surface area contributed by atoms with E-state index in [0.717, 1.165) is 24.8 Å². The Morgan fingerprint density at radius 2 is 1.88 bits per heavy atom. The van der Waals surface area contributed by atoms with Crippen LogP contribution in [0.5, 0.6) is 11.5 Å². The smallest absolute Gasteiger partial charge is 0.303 e. The predicted octanol–water partition coefficient (Wildman–Crippen LogP) is 3.14. The minimum atomic E-state index is -0.978. The molecule has 1 amide bonds. The Kier molecular flexibility index (Phi) is 9.34. The summed E-state index contributed by atoms with van der Waals surface area (Å²) >= 11 is 0. The first-order valence-electron chi connectivity index (χ1n) is 8.43. The highest BCUT2D eigenvalue weighted by molar-refractivity contribution is 5.80.